The minimum Gasteiger partial charge on any atom is -0.351 e. The van der Waals surface area contributed by atoms with Crippen molar-refractivity contribution >= 4 is 30.3 Å². The van der Waals surface area contributed by atoms with Crippen LogP contribution in [0.1, 0.15) is 10.4 Å². The summed E-state index contributed by atoms with van der Waals surface area (Å²) in [5.41, 5.74) is 0.684. The monoisotopic (exact) mass is 227 g/mol. The molecule has 0 aliphatic rings. The lowest BCUT2D eigenvalue weighted by Crippen LogP contribution is -2.25. The number of hydrogen-bond donors (Lipinski definition) is 2. The van der Waals surface area contributed by atoms with E-state index < -0.39 is 0 Å². The van der Waals surface area contributed by atoms with Gasteiger partial charge in [-0.25, -0.2) is 0 Å². The Morgan fingerprint density at radius 3 is 2.64 bits per heavy atom. The van der Waals surface area contributed by atoms with Crippen LogP contribution in [0.5, 0.6) is 0 Å². The van der Waals surface area contributed by atoms with Crippen LogP contribution in [0, 0.1) is 0 Å². The molecule has 1 aromatic carbocycles. The van der Waals surface area contributed by atoms with Crippen molar-refractivity contribution < 1.29 is 4.79 Å². The van der Waals surface area contributed by atoms with Gasteiger partial charge in [0.1, 0.15) is 0 Å². The number of nitrogens with one attached hydrogen (secondary N) is 1. The minimum atomic E-state index is -0.0209. The van der Waals surface area contributed by atoms with Crippen LogP contribution in [0.2, 0.25) is 0 Å². The summed E-state index contributed by atoms with van der Waals surface area (Å²) >= 11 is 5.87. The van der Waals surface area contributed by atoms with Gasteiger partial charge in [-0.1, -0.05) is 0 Å². The molecule has 4 heteroatoms. The molecule has 0 bridgehead atoms. The number of rotatable bonds is 4. The topological polar surface area (TPSA) is 29.1 Å². The third-order valence-electron chi connectivity index (χ3n) is 1.72. The molecule has 0 saturated heterocycles. The normalized spacial score (nSPS) is 9.86. The van der Waals surface area contributed by atoms with Crippen LogP contribution < -0.4 is 5.32 Å². The van der Waals surface area contributed by atoms with Crippen molar-refractivity contribution in [2.75, 3.05) is 18.6 Å². The lowest BCUT2D eigenvalue weighted by molar-refractivity contribution is 0.0956. The van der Waals surface area contributed by atoms with E-state index in [1.54, 1.807) is 23.9 Å². The van der Waals surface area contributed by atoms with Crippen molar-refractivity contribution in [3.63, 3.8) is 0 Å². The van der Waals surface area contributed by atoms with Gasteiger partial charge in [-0.05, 0) is 30.5 Å². The maximum atomic E-state index is 11.5. The minimum absolute atomic E-state index is 0.0209. The largest absolute Gasteiger partial charge is 0.351 e. The Balaban J connectivity index is 2.48. The van der Waals surface area contributed by atoms with Gasteiger partial charge < -0.3 is 5.32 Å². The first kappa shape index (κ1) is 11.5. The summed E-state index contributed by atoms with van der Waals surface area (Å²) in [5.74, 6) is 0.920. The molecule has 0 atom stereocenters. The van der Waals surface area contributed by atoms with Crippen LogP contribution in [0.3, 0.4) is 0 Å². The second-order valence-electron chi connectivity index (χ2n) is 2.80. The molecule has 0 aliphatic heterocycles. The van der Waals surface area contributed by atoms with Crippen LogP contribution in [0.4, 0.5) is 0 Å². The molecule has 1 amide bonds. The number of benzene rings is 1. The van der Waals surface area contributed by atoms with Gasteiger partial charge in [0, 0.05) is 22.8 Å². The zero-order valence-corrected chi connectivity index (χ0v) is 9.70. The van der Waals surface area contributed by atoms with Crippen molar-refractivity contribution in [1.29, 1.82) is 0 Å². The fourth-order valence-corrected chi connectivity index (χ4v) is 1.44. The Bertz CT molecular complexity index is 297. The molecule has 0 unspecified atom stereocenters. The molecule has 14 heavy (non-hydrogen) atoms. The van der Waals surface area contributed by atoms with Gasteiger partial charge >= 0.3 is 0 Å². The van der Waals surface area contributed by atoms with Gasteiger partial charge in [-0.2, -0.15) is 11.8 Å². The molecular weight excluding hydrogens is 214 g/mol. The molecule has 1 N–H and O–H groups in total. The first-order valence-corrected chi connectivity index (χ1v) is 6.14. The predicted molar refractivity (Wildman–Crippen MR) is 64.4 cm³/mol. The first-order chi connectivity index (χ1) is 6.74. The van der Waals surface area contributed by atoms with Gasteiger partial charge in [0.2, 0.25) is 0 Å². The number of thiol groups is 1. The SMILES string of the molecule is CSCCNC(=O)c1ccc(S)cc1. The fraction of sp³-hybridized carbons (Fsp3) is 0.300. The smallest absolute Gasteiger partial charge is 0.251 e. The highest BCUT2D eigenvalue weighted by atomic mass is 32.2. The third kappa shape index (κ3) is 3.64. The molecule has 0 spiro atoms. The predicted octanol–water partition coefficient (Wildman–Crippen LogP) is 2.07. The summed E-state index contributed by atoms with van der Waals surface area (Å²) in [4.78, 5) is 12.4. The molecule has 0 aliphatic carbocycles. The van der Waals surface area contributed by atoms with Crippen LogP contribution in [0.25, 0.3) is 0 Å². The van der Waals surface area contributed by atoms with Crippen LogP contribution in [0.15, 0.2) is 29.2 Å². The van der Waals surface area contributed by atoms with E-state index in [-0.39, 0.29) is 5.91 Å². The van der Waals surface area contributed by atoms with Gasteiger partial charge in [0.15, 0.2) is 0 Å². The van der Waals surface area contributed by atoms with Crippen molar-refractivity contribution in [1.82, 2.24) is 5.32 Å². The molecule has 76 valence electrons. The van der Waals surface area contributed by atoms with Gasteiger partial charge in [-0.3, -0.25) is 4.79 Å². The van der Waals surface area contributed by atoms with Gasteiger partial charge in [0.25, 0.3) is 5.91 Å². The Morgan fingerprint density at radius 2 is 2.07 bits per heavy atom. The van der Waals surface area contributed by atoms with Crippen molar-refractivity contribution in [3.8, 4) is 0 Å². The molecule has 0 heterocycles. The standard InChI is InChI=1S/C10H13NOS2/c1-14-7-6-11-10(12)8-2-4-9(13)5-3-8/h2-5,13H,6-7H2,1H3,(H,11,12). The summed E-state index contributed by atoms with van der Waals surface area (Å²) in [6.45, 7) is 0.711. The van der Waals surface area contributed by atoms with E-state index in [9.17, 15) is 4.79 Å². The Morgan fingerprint density at radius 1 is 1.43 bits per heavy atom. The number of carbonyl (C=O) groups excluding carboxylic acids is 1. The van der Waals surface area contributed by atoms with Gasteiger partial charge in [0.05, 0.1) is 0 Å². The van der Waals surface area contributed by atoms with Gasteiger partial charge in [-0.15, -0.1) is 12.6 Å². The summed E-state index contributed by atoms with van der Waals surface area (Å²) in [7, 11) is 0. The molecule has 1 aromatic rings. The van der Waals surface area contributed by atoms with E-state index in [0.717, 1.165) is 10.6 Å². The molecule has 0 fully saturated rings. The quantitative estimate of drug-likeness (QED) is 0.609. The maximum absolute atomic E-state index is 11.5. The molecule has 2 nitrogen and oxygen atoms in total. The van der Waals surface area contributed by atoms with Crippen LogP contribution in [-0.2, 0) is 0 Å². The molecule has 0 radical (unpaired) electrons. The average Bonchev–Trinajstić information content (AvgIpc) is 2.19. The lowest BCUT2D eigenvalue weighted by Gasteiger charge is -2.03. The van der Waals surface area contributed by atoms with Crippen LogP contribution in [-0.4, -0.2) is 24.5 Å². The van der Waals surface area contributed by atoms with Crippen molar-refractivity contribution in [2.24, 2.45) is 0 Å². The maximum Gasteiger partial charge on any atom is 0.251 e. The highest BCUT2D eigenvalue weighted by Gasteiger charge is 2.02. The van der Waals surface area contributed by atoms with Crippen molar-refractivity contribution in [2.45, 2.75) is 4.90 Å². The zero-order chi connectivity index (χ0) is 10.4. The Hall–Kier alpha value is -0.610. The summed E-state index contributed by atoms with van der Waals surface area (Å²) in [6.07, 6.45) is 2.02. The van der Waals surface area contributed by atoms with E-state index in [1.165, 1.54) is 0 Å². The molecule has 0 aromatic heterocycles. The van der Waals surface area contributed by atoms with Crippen molar-refractivity contribution in [3.05, 3.63) is 29.8 Å². The van der Waals surface area contributed by atoms with E-state index >= 15 is 0 Å². The fourth-order valence-electron chi connectivity index (χ4n) is 0.981. The highest BCUT2D eigenvalue weighted by Crippen LogP contribution is 2.07. The number of thioether (sulfide) groups is 1. The second-order valence-corrected chi connectivity index (χ2v) is 4.30. The number of hydrogen-bond acceptors (Lipinski definition) is 3. The first-order valence-electron chi connectivity index (χ1n) is 4.30. The summed E-state index contributed by atoms with van der Waals surface area (Å²) in [5, 5.41) is 2.83. The number of carbonyl (C=O) groups is 1. The van der Waals surface area contributed by atoms with E-state index in [2.05, 4.69) is 17.9 Å². The number of amides is 1. The average molecular weight is 227 g/mol. The molecular formula is C10H13NOS2. The van der Waals surface area contributed by atoms with Crippen LogP contribution >= 0.6 is 24.4 Å². The molecule has 0 saturated carbocycles. The molecule has 1 rings (SSSR count). The van der Waals surface area contributed by atoms with E-state index in [4.69, 9.17) is 0 Å². The summed E-state index contributed by atoms with van der Waals surface area (Å²) in [6, 6.07) is 7.17. The van der Waals surface area contributed by atoms with E-state index in [0.29, 0.717) is 12.1 Å². The van der Waals surface area contributed by atoms with E-state index in [1.807, 2.05) is 18.4 Å². The summed E-state index contributed by atoms with van der Waals surface area (Å²) < 4.78 is 0. The second kappa shape index (κ2) is 5.98. The zero-order valence-electron chi connectivity index (χ0n) is 7.99. The highest BCUT2D eigenvalue weighted by molar-refractivity contribution is 7.98. The third-order valence-corrected chi connectivity index (χ3v) is 2.63. The Kier molecular flexibility index (Phi) is 4.90. The lowest BCUT2D eigenvalue weighted by atomic mass is 10.2. The Labute approximate surface area is 93.9 Å².